The number of nitrogens with one attached hydrogen (secondary N) is 2. The predicted molar refractivity (Wildman–Crippen MR) is 121 cm³/mol. The van der Waals surface area contributed by atoms with Gasteiger partial charge in [0.1, 0.15) is 11.4 Å². The van der Waals surface area contributed by atoms with Gasteiger partial charge in [0.25, 0.3) is 0 Å². The van der Waals surface area contributed by atoms with E-state index in [0.29, 0.717) is 0 Å². The maximum atomic E-state index is 11.5. The van der Waals surface area contributed by atoms with Gasteiger partial charge in [-0.15, -0.1) is 0 Å². The predicted octanol–water partition coefficient (Wildman–Crippen LogP) is 2.43. The zero-order chi connectivity index (χ0) is 21.6. The number of likely N-dealkylation sites (tertiary alicyclic amines) is 1. The summed E-state index contributed by atoms with van der Waals surface area (Å²) < 4.78 is 6.14. The molecule has 166 valence electrons. The molecule has 1 aromatic rings. The second-order valence-corrected chi connectivity index (χ2v) is 8.96. The van der Waals surface area contributed by atoms with E-state index in [1.54, 1.807) is 0 Å². The zero-order valence-corrected chi connectivity index (χ0v) is 18.6. The van der Waals surface area contributed by atoms with Gasteiger partial charge in [-0.3, -0.25) is 9.79 Å². The van der Waals surface area contributed by atoms with Crippen molar-refractivity contribution in [2.75, 3.05) is 32.7 Å². The van der Waals surface area contributed by atoms with E-state index in [9.17, 15) is 4.79 Å². The van der Waals surface area contributed by atoms with E-state index in [2.05, 4.69) is 48.4 Å². The number of ether oxygens (including phenoxy) is 1. The highest BCUT2D eigenvalue weighted by atomic mass is 16.5. The molecule has 2 aliphatic heterocycles. The number of aliphatic imine (C=N–C) groups is 1. The number of hydrogen-bond donors (Lipinski definition) is 3. The molecular weight excluding hydrogens is 378 g/mol. The maximum Gasteiger partial charge on any atom is 0.221 e. The van der Waals surface area contributed by atoms with E-state index in [1.807, 2.05) is 12.1 Å². The van der Waals surface area contributed by atoms with Crippen LogP contribution in [0.3, 0.4) is 0 Å². The lowest BCUT2D eigenvalue weighted by atomic mass is 9.90. The summed E-state index contributed by atoms with van der Waals surface area (Å²) in [6.07, 6.45) is 3.79. The Kier molecular flexibility index (Phi) is 7.58. The molecule has 2 unspecified atom stereocenters. The Morgan fingerprint density at radius 1 is 1.37 bits per heavy atom. The number of nitrogens with two attached hydrogens (primary N) is 1. The highest BCUT2D eigenvalue weighted by molar-refractivity contribution is 5.80. The third-order valence-corrected chi connectivity index (χ3v) is 5.84. The normalized spacial score (nSPS) is 23.9. The first-order valence-electron chi connectivity index (χ1n) is 11.2. The molecule has 0 bridgehead atoms. The topological polar surface area (TPSA) is 92.0 Å². The van der Waals surface area contributed by atoms with Crippen molar-refractivity contribution in [1.29, 1.82) is 0 Å². The number of para-hydroxylation sites is 1. The van der Waals surface area contributed by atoms with Crippen LogP contribution in [0.4, 0.5) is 0 Å². The van der Waals surface area contributed by atoms with Crippen LogP contribution in [0.15, 0.2) is 29.3 Å². The molecule has 2 heterocycles. The van der Waals surface area contributed by atoms with E-state index >= 15 is 0 Å². The van der Waals surface area contributed by atoms with E-state index in [-0.39, 0.29) is 23.5 Å². The van der Waals surface area contributed by atoms with E-state index in [0.717, 1.165) is 70.1 Å². The smallest absolute Gasteiger partial charge is 0.221 e. The molecule has 0 spiro atoms. The number of piperidine rings is 1. The van der Waals surface area contributed by atoms with Crippen molar-refractivity contribution in [3.05, 3.63) is 29.8 Å². The summed E-state index contributed by atoms with van der Waals surface area (Å²) in [7, 11) is 0. The van der Waals surface area contributed by atoms with Crippen LogP contribution >= 0.6 is 0 Å². The Balaban J connectivity index is 1.56. The zero-order valence-electron chi connectivity index (χ0n) is 18.6. The number of benzene rings is 1. The summed E-state index contributed by atoms with van der Waals surface area (Å²) in [6.45, 7) is 10.6. The van der Waals surface area contributed by atoms with Crippen LogP contribution in [0.25, 0.3) is 0 Å². The average molecular weight is 416 g/mol. The van der Waals surface area contributed by atoms with Crippen molar-refractivity contribution >= 4 is 11.9 Å². The summed E-state index contributed by atoms with van der Waals surface area (Å²) in [6, 6.07) is 8.38. The lowest BCUT2D eigenvalue weighted by molar-refractivity contribution is -0.123. The number of carbonyl (C=O) groups is 1. The van der Waals surface area contributed by atoms with Gasteiger partial charge < -0.3 is 26.0 Å². The van der Waals surface area contributed by atoms with Crippen LogP contribution in [0.2, 0.25) is 0 Å². The molecule has 1 fully saturated rings. The van der Waals surface area contributed by atoms with Gasteiger partial charge in [0, 0.05) is 31.6 Å². The standard InChI is InChI=1S/C23H37N5O2/c1-4-25-22(26-12-8-14-28-13-7-9-17(16-28)21(24)29)27-19-15-23(2,3)30-20-11-6-5-10-18(19)20/h5-6,10-11,17,19H,4,7-9,12-16H2,1-3H3,(H2,24,29)(H2,25,26,27). The van der Waals surface area contributed by atoms with Crippen LogP contribution in [0, 0.1) is 5.92 Å². The van der Waals surface area contributed by atoms with Crippen molar-refractivity contribution < 1.29 is 9.53 Å². The van der Waals surface area contributed by atoms with Gasteiger partial charge in [-0.05, 0) is 59.2 Å². The number of fused-ring (bicyclic) bond motifs is 1. The average Bonchev–Trinajstić information content (AvgIpc) is 2.70. The van der Waals surface area contributed by atoms with Crippen molar-refractivity contribution in [2.45, 2.75) is 58.1 Å². The van der Waals surface area contributed by atoms with Crippen LogP contribution < -0.4 is 21.1 Å². The highest BCUT2D eigenvalue weighted by Gasteiger charge is 2.34. The summed E-state index contributed by atoms with van der Waals surface area (Å²) in [5.74, 6) is 1.61. The van der Waals surface area contributed by atoms with E-state index in [4.69, 9.17) is 15.5 Å². The minimum Gasteiger partial charge on any atom is -0.487 e. The molecule has 3 rings (SSSR count). The van der Waals surface area contributed by atoms with E-state index in [1.165, 1.54) is 5.56 Å². The monoisotopic (exact) mass is 415 g/mol. The van der Waals surface area contributed by atoms with Crippen molar-refractivity contribution in [2.24, 2.45) is 16.6 Å². The molecule has 1 saturated heterocycles. The van der Waals surface area contributed by atoms with Crippen LogP contribution in [-0.4, -0.2) is 55.1 Å². The van der Waals surface area contributed by atoms with Gasteiger partial charge in [0.2, 0.25) is 5.91 Å². The quantitative estimate of drug-likeness (QED) is 0.361. The molecule has 0 radical (unpaired) electrons. The number of nitrogens with zero attached hydrogens (tertiary/aromatic N) is 2. The van der Waals surface area contributed by atoms with Gasteiger partial charge in [0.15, 0.2) is 5.96 Å². The Labute approximate surface area is 180 Å². The third-order valence-electron chi connectivity index (χ3n) is 5.84. The molecule has 2 aliphatic rings. The largest absolute Gasteiger partial charge is 0.487 e. The van der Waals surface area contributed by atoms with Crippen molar-refractivity contribution in [1.82, 2.24) is 15.5 Å². The van der Waals surface area contributed by atoms with Gasteiger partial charge in [0.05, 0.1) is 12.0 Å². The number of rotatable bonds is 7. The molecular formula is C23H37N5O2. The van der Waals surface area contributed by atoms with E-state index < -0.39 is 0 Å². The fraction of sp³-hybridized carbons (Fsp3) is 0.652. The van der Waals surface area contributed by atoms with Crippen LogP contribution in [0.1, 0.15) is 58.1 Å². The number of carbonyl (C=O) groups excluding carboxylic acids is 1. The Bertz CT molecular complexity index is 749. The number of amides is 1. The fourth-order valence-corrected chi connectivity index (χ4v) is 4.39. The molecule has 2 atom stereocenters. The summed E-state index contributed by atoms with van der Waals surface area (Å²) in [5.41, 5.74) is 6.43. The summed E-state index contributed by atoms with van der Waals surface area (Å²) >= 11 is 0. The maximum absolute atomic E-state index is 11.5. The molecule has 7 nitrogen and oxygen atoms in total. The Morgan fingerprint density at radius 2 is 2.17 bits per heavy atom. The molecule has 4 N–H and O–H groups in total. The summed E-state index contributed by atoms with van der Waals surface area (Å²) in [4.78, 5) is 18.6. The van der Waals surface area contributed by atoms with Crippen LogP contribution in [0.5, 0.6) is 5.75 Å². The minimum absolute atomic E-state index is 0.00169. The second kappa shape index (κ2) is 10.2. The highest BCUT2D eigenvalue weighted by Crippen LogP contribution is 2.39. The Hall–Kier alpha value is -2.28. The van der Waals surface area contributed by atoms with Gasteiger partial charge in [-0.2, -0.15) is 0 Å². The fourth-order valence-electron chi connectivity index (χ4n) is 4.39. The van der Waals surface area contributed by atoms with Gasteiger partial charge in [-0.1, -0.05) is 18.2 Å². The lowest BCUT2D eigenvalue weighted by Gasteiger charge is -2.38. The first-order valence-corrected chi connectivity index (χ1v) is 11.2. The SMILES string of the molecule is CCNC(=NCCCN1CCCC(C(N)=O)C1)NC1CC(C)(C)Oc2ccccc21. The van der Waals surface area contributed by atoms with Crippen LogP contribution in [-0.2, 0) is 4.79 Å². The third kappa shape index (κ3) is 6.11. The first kappa shape index (κ1) is 22.4. The minimum atomic E-state index is -0.228. The van der Waals surface area contributed by atoms with Crippen molar-refractivity contribution in [3.63, 3.8) is 0 Å². The second-order valence-electron chi connectivity index (χ2n) is 8.96. The number of primary amides is 1. The molecule has 0 saturated carbocycles. The molecule has 1 aromatic carbocycles. The van der Waals surface area contributed by atoms with Gasteiger partial charge in [-0.25, -0.2) is 0 Å². The molecule has 0 aromatic heterocycles. The summed E-state index contributed by atoms with van der Waals surface area (Å²) in [5, 5.41) is 6.99. The van der Waals surface area contributed by atoms with Gasteiger partial charge >= 0.3 is 0 Å². The lowest BCUT2D eigenvalue weighted by Crippen LogP contribution is -2.45. The first-order chi connectivity index (χ1) is 14.4. The molecule has 30 heavy (non-hydrogen) atoms. The molecule has 1 amide bonds. The number of guanidine groups is 1. The number of hydrogen-bond acceptors (Lipinski definition) is 4. The molecule has 7 heteroatoms. The molecule has 0 aliphatic carbocycles. The Morgan fingerprint density at radius 3 is 2.93 bits per heavy atom. The van der Waals surface area contributed by atoms with Crippen molar-refractivity contribution in [3.8, 4) is 5.75 Å².